The second-order valence-electron chi connectivity index (χ2n) is 13.5. The Hall–Kier alpha value is -6.32. The zero-order valence-electron chi connectivity index (χ0n) is 27.7. The van der Waals surface area contributed by atoms with Crippen LogP contribution in [0.15, 0.2) is 164 Å². The first-order valence-corrected chi connectivity index (χ1v) is 17.4. The highest BCUT2D eigenvalue weighted by atomic mass is 15.2. The molecule has 1 aliphatic carbocycles. The molecule has 0 fully saturated rings. The van der Waals surface area contributed by atoms with Gasteiger partial charge in [0.05, 0.1) is 23.1 Å². The molecule has 2 heterocycles. The fourth-order valence-corrected chi connectivity index (χ4v) is 8.15. The van der Waals surface area contributed by atoms with Crippen molar-refractivity contribution in [3.05, 3.63) is 180 Å². The van der Waals surface area contributed by atoms with Gasteiger partial charge in [-0.2, -0.15) is 0 Å². The summed E-state index contributed by atoms with van der Waals surface area (Å²) in [7, 11) is 0. The predicted molar refractivity (Wildman–Crippen MR) is 208 cm³/mol. The summed E-state index contributed by atoms with van der Waals surface area (Å²) in [6.07, 6.45) is 2.44. The lowest BCUT2D eigenvalue weighted by atomic mass is 9.84. The molecule has 1 aromatic heterocycles. The molecule has 0 bridgehead atoms. The molecule has 0 saturated heterocycles. The third kappa shape index (κ3) is 4.58. The lowest BCUT2D eigenvalue weighted by molar-refractivity contribution is 0.663. The van der Waals surface area contributed by atoms with E-state index in [2.05, 4.69) is 176 Å². The smallest absolute Gasteiger partial charge is 0.160 e. The van der Waals surface area contributed by atoms with Gasteiger partial charge in [-0.25, -0.2) is 9.97 Å². The van der Waals surface area contributed by atoms with Crippen LogP contribution in [0.5, 0.6) is 0 Å². The maximum absolute atomic E-state index is 5.24. The zero-order valence-corrected chi connectivity index (χ0v) is 27.7. The van der Waals surface area contributed by atoms with Crippen LogP contribution in [-0.2, 0) is 0 Å². The fourth-order valence-electron chi connectivity index (χ4n) is 8.15. The highest BCUT2D eigenvalue weighted by Gasteiger charge is 2.40. The van der Waals surface area contributed by atoms with Gasteiger partial charge in [0.2, 0.25) is 0 Å². The first-order valence-electron chi connectivity index (χ1n) is 17.4. The topological polar surface area (TPSA) is 29.0 Å². The monoisotopic (exact) mass is 639 g/mol. The summed E-state index contributed by atoms with van der Waals surface area (Å²) in [5.74, 6) is 1.01. The molecule has 7 aromatic carbocycles. The molecule has 10 rings (SSSR count). The number of rotatable bonds is 4. The predicted octanol–water partition coefficient (Wildman–Crippen LogP) is 9.93. The van der Waals surface area contributed by atoms with Crippen molar-refractivity contribution in [2.75, 3.05) is 4.90 Å². The average molecular weight is 640 g/mol. The molecular weight excluding hydrogens is 607 g/mol. The summed E-state index contributed by atoms with van der Waals surface area (Å²) >= 11 is 0. The van der Waals surface area contributed by atoms with Gasteiger partial charge < -0.3 is 4.90 Å². The molecule has 2 atom stereocenters. The van der Waals surface area contributed by atoms with Crippen LogP contribution < -0.4 is 15.3 Å². The van der Waals surface area contributed by atoms with E-state index in [9.17, 15) is 0 Å². The van der Waals surface area contributed by atoms with E-state index in [4.69, 9.17) is 9.97 Å². The van der Waals surface area contributed by atoms with Gasteiger partial charge >= 0.3 is 0 Å². The molecule has 2 unspecified atom stereocenters. The first-order chi connectivity index (χ1) is 24.7. The molecular formula is C47H33N3. The Morgan fingerprint density at radius 2 is 1.22 bits per heavy atom. The molecule has 0 spiro atoms. The Labute approximate surface area is 291 Å². The highest BCUT2D eigenvalue weighted by molar-refractivity contribution is 6.06. The van der Waals surface area contributed by atoms with Gasteiger partial charge in [-0.15, -0.1) is 0 Å². The SMILES string of the molecule is CC1C=c2ccccc2=C2c3c(ccc4ccccc34)N(c3cccc(-c4nc(-c5ccccc5)cc(-c5ccc6ccccc6c5)n4)c3)C21. The van der Waals surface area contributed by atoms with Crippen LogP contribution in [0.1, 0.15) is 12.5 Å². The van der Waals surface area contributed by atoms with Gasteiger partial charge in [0, 0.05) is 27.9 Å². The summed E-state index contributed by atoms with van der Waals surface area (Å²) in [5.41, 5.74) is 10.1. The van der Waals surface area contributed by atoms with Crippen LogP contribution in [0.2, 0.25) is 0 Å². The Morgan fingerprint density at radius 1 is 0.520 bits per heavy atom. The molecule has 1 aliphatic heterocycles. The van der Waals surface area contributed by atoms with Crippen LogP contribution >= 0.6 is 0 Å². The molecule has 3 heteroatoms. The standard InChI is InChI=1S/C47H33N3/c1-30-26-35-17-8-10-21-40(35)45-44-39-20-9-7-13-32(39)24-25-43(44)50(46(30)45)38-19-11-18-37(28-38)47-48-41(33-14-3-2-4-15-33)29-42(49-47)36-23-22-31-12-5-6-16-34(31)27-36/h2-30,46H,1H3. The Bertz CT molecular complexity index is 2750. The third-order valence-corrected chi connectivity index (χ3v) is 10.4. The van der Waals surface area contributed by atoms with Crippen molar-refractivity contribution in [1.29, 1.82) is 0 Å². The quantitative estimate of drug-likeness (QED) is 0.192. The van der Waals surface area contributed by atoms with Crippen molar-refractivity contribution in [3.8, 4) is 33.9 Å². The van der Waals surface area contributed by atoms with Gasteiger partial charge in [0.25, 0.3) is 0 Å². The molecule has 8 aromatic rings. The molecule has 0 saturated carbocycles. The molecule has 2 aliphatic rings. The van der Waals surface area contributed by atoms with Crippen molar-refractivity contribution >= 4 is 44.6 Å². The average Bonchev–Trinajstić information content (AvgIpc) is 3.55. The van der Waals surface area contributed by atoms with Gasteiger partial charge in [0.1, 0.15) is 0 Å². The summed E-state index contributed by atoms with van der Waals surface area (Å²) < 4.78 is 0. The largest absolute Gasteiger partial charge is 0.333 e. The second kappa shape index (κ2) is 11.4. The van der Waals surface area contributed by atoms with Crippen molar-refractivity contribution in [2.45, 2.75) is 13.0 Å². The molecule has 0 amide bonds. The van der Waals surface area contributed by atoms with Crippen molar-refractivity contribution < 1.29 is 0 Å². The minimum atomic E-state index is 0.158. The van der Waals surface area contributed by atoms with E-state index in [0.29, 0.717) is 11.7 Å². The van der Waals surface area contributed by atoms with Gasteiger partial charge in [-0.05, 0) is 73.8 Å². The Kier molecular flexibility index (Phi) is 6.53. The lowest BCUT2D eigenvalue weighted by Crippen LogP contribution is -2.42. The molecule has 236 valence electrons. The minimum absolute atomic E-state index is 0.158. The summed E-state index contributed by atoms with van der Waals surface area (Å²) in [6.45, 7) is 2.35. The third-order valence-electron chi connectivity index (χ3n) is 10.4. The highest BCUT2D eigenvalue weighted by Crippen LogP contribution is 2.50. The normalized spacial score (nSPS) is 16.2. The van der Waals surface area contributed by atoms with Crippen LogP contribution in [0, 0.1) is 5.92 Å². The van der Waals surface area contributed by atoms with E-state index >= 15 is 0 Å². The van der Waals surface area contributed by atoms with Crippen LogP contribution in [-0.4, -0.2) is 16.0 Å². The van der Waals surface area contributed by atoms with Crippen molar-refractivity contribution in [1.82, 2.24) is 9.97 Å². The van der Waals surface area contributed by atoms with E-state index in [0.717, 1.165) is 33.8 Å². The summed E-state index contributed by atoms with van der Waals surface area (Å²) in [5, 5.41) is 7.61. The van der Waals surface area contributed by atoms with E-state index in [1.54, 1.807) is 0 Å². The summed E-state index contributed by atoms with van der Waals surface area (Å²) in [6, 6.07) is 58.8. The van der Waals surface area contributed by atoms with Crippen LogP contribution in [0.4, 0.5) is 11.4 Å². The van der Waals surface area contributed by atoms with E-state index in [-0.39, 0.29) is 6.04 Å². The number of aromatic nitrogens is 2. The number of anilines is 2. The Balaban J connectivity index is 1.17. The number of benzene rings is 7. The number of nitrogens with zero attached hydrogens (tertiary/aromatic N) is 3. The molecule has 0 N–H and O–H groups in total. The van der Waals surface area contributed by atoms with Crippen LogP contribution in [0.3, 0.4) is 0 Å². The zero-order chi connectivity index (χ0) is 33.2. The maximum atomic E-state index is 5.24. The van der Waals surface area contributed by atoms with Gasteiger partial charge in [-0.3, -0.25) is 0 Å². The second-order valence-corrected chi connectivity index (χ2v) is 13.5. The molecule has 50 heavy (non-hydrogen) atoms. The van der Waals surface area contributed by atoms with Crippen molar-refractivity contribution in [3.63, 3.8) is 0 Å². The fraction of sp³-hybridized carbons (Fsp3) is 0.0638. The summed E-state index contributed by atoms with van der Waals surface area (Å²) in [4.78, 5) is 13.0. The first kappa shape index (κ1) is 28.7. The lowest BCUT2D eigenvalue weighted by Gasteiger charge is -2.33. The van der Waals surface area contributed by atoms with E-state index < -0.39 is 0 Å². The van der Waals surface area contributed by atoms with Crippen molar-refractivity contribution in [2.24, 2.45) is 5.92 Å². The van der Waals surface area contributed by atoms with Crippen LogP contribution in [0.25, 0.3) is 67.1 Å². The number of hydrogen-bond donors (Lipinski definition) is 0. The maximum Gasteiger partial charge on any atom is 0.160 e. The van der Waals surface area contributed by atoms with E-state index in [1.165, 1.54) is 48.8 Å². The number of hydrogen-bond acceptors (Lipinski definition) is 3. The van der Waals surface area contributed by atoms with Gasteiger partial charge in [-0.1, -0.05) is 146 Å². The molecule has 3 nitrogen and oxygen atoms in total. The molecule has 0 radical (unpaired) electrons. The number of fused-ring (bicyclic) bond motifs is 7. The minimum Gasteiger partial charge on any atom is -0.333 e. The van der Waals surface area contributed by atoms with Gasteiger partial charge in [0.15, 0.2) is 5.82 Å². The van der Waals surface area contributed by atoms with E-state index in [1.807, 2.05) is 6.07 Å². The Morgan fingerprint density at radius 3 is 2.10 bits per heavy atom.